The fourth-order valence-corrected chi connectivity index (χ4v) is 2.49. The Bertz CT molecular complexity index is 632. The van der Waals surface area contributed by atoms with E-state index in [2.05, 4.69) is 26.1 Å². The average molecular weight is 373 g/mol. The van der Waals surface area contributed by atoms with Gasteiger partial charge in [0.1, 0.15) is 11.5 Å². The number of thioether (sulfide) groups is 1. The van der Waals surface area contributed by atoms with Gasteiger partial charge in [-0.2, -0.15) is 0 Å². The SMILES string of the molecule is CCc1cc(Br)ccc1OCc1nnc(SCC(=O)O)o1. The predicted octanol–water partition coefficient (Wildman–Crippen LogP) is 3.15. The molecule has 2 aromatic rings. The third-order valence-corrected chi connectivity index (χ3v) is 3.82. The van der Waals surface area contributed by atoms with E-state index in [4.69, 9.17) is 14.3 Å². The summed E-state index contributed by atoms with van der Waals surface area (Å²) in [6.45, 7) is 2.19. The monoisotopic (exact) mass is 372 g/mol. The maximum atomic E-state index is 10.4. The molecule has 8 heteroatoms. The van der Waals surface area contributed by atoms with E-state index in [9.17, 15) is 4.79 Å². The number of carboxylic acids is 1. The normalized spacial score (nSPS) is 10.6. The number of carbonyl (C=O) groups is 1. The van der Waals surface area contributed by atoms with Crippen molar-refractivity contribution in [3.63, 3.8) is 0 Å². The van der Waals surface area contributed by atoms with Crippen molar-refractivity contribution in [2.75, 3.05) is 5.75 Å². The standard InChI is InChI=1S/C13H13BrN2O4S/c1-2-8-5-9(14)3-4-10(8)19-6-11-15-16-13(20-11)21-7-12(17)18/h3-5H,2,6-7H2,1H3,(H,17,18). The van der Waals surface area contributed by atoms with Crippen molar-refractivity contribution in [2.24, 2.45) is 0 Å². The summed E-state index contributed by atoms with van der Waals surface area (Å²) in [5.74, 6) is 0.0276. The van der Waals surface area contributed by atoms with Crippen LogP contribution in [-0.2, 0) is 17.8 Å². The van der Waals surface area contributed by atoms with Gasteiger partial charge in [-0.25, -0.2) is 0 Å². The van der Waals surface area contributed by atoms with Crippen LogP contribution in [0.4, 0.5) is 0 Å². The van der Waals surface area contributed by atoms with E-state index in [-0.39, 0.29) is 17.6 Å². The second kappa shape index (κ2) is 7.46. The van der Waals surface area contributed by atoms with Crippen molar-refractivity contribution < 1.29 is 19.1 Å². The molecule has 0 atom stereocenters. The Labute approximate surface area is 134 Å². The summed E-state index contributed by atoms with van der Waals surface area (Å²) in [4.78, 5) is 10.4. The van der Waals surface area contributed by atoms with Gasteiger partial charge in [-0.1, -0.05) is 34.6 Å². The quantitative estimate of drug-likeness (QED) is 0.746. The number of hydrogen-bond donors (Lipinski definition) is 1. The zero-order chi connectivity index (χ0) is 15.2. The van der Waals surface area contributed by atoms with Crippen LogP contribution in [0.15, 0.2) is 32.3 Å². The van der Waals surface area contributed by atoms with E-state index in [1.54, 1.807) is 0 Å². The average Bonchev–Trinajstić information content (AvgIpc) is 2.91. The number of benzene rings is 1. The first-order valence-corrected chi connectivity index (χ1v) is 7.94. The van der Waals surface area contributed by atoms with Gasteiger partial charge in [-0.15, -0.1) is 10.2 Å². The van der Waals surface area contributed by atoms with Crippen molar-refractivity contribution in [2.45, 2.75) is 25.2 Å². The van der Waals surface area contributed by atoms with Gasteiger partial charge in [0, 0.05) is 4.47 Å². The lowest BCUT2D eigenvalue weighted by atomic mass is 10.1. The first-order valence-electron chi connectivity index (χ1n) is 6.16. The maximum Gasteiger partial charge on any atom is 0.314 e. The minimum atomic E-state index is -0.932. The number of aromatic nitrogens is 2. The molecule has 2 rings (SSSR count). The molecule has 0 spiro atoms. The van der Waals surface area contributed by atoms with E-state index in [0.29, 0.717) is 5.89 Å². The van der Waals surface area contributed by atoms with E-state index in [1.165, 1.54) is 0 Å². The lowest BCUT2D eigenvalue weighted by Crippen LogP contribution is -1.98. The van der Waals surface area contributed by atoms with Crippen LogP contribution in [0.3, 0.4) is 0 Å². The number of aliphatic carboxylic acids is 1. The summed E-state index contributed by atoms with van der Waals surface area (Å²) in [6, 6.07) is 5.77. The van der Waals surface area contributed by atoms with Crippen LogP contribution in [0.25, 0.3) is 0 Å². The molecule has 6 nitrogen and oxygen atoms in total. The second-order valence-electron chi connectivity index (χ2n) is 4.04. The molecule has 1 aromatic carbocycles. The second-order valence-corrected chi connectivity index (χ2v) is 5.88. The molecule has 0 radical (unpaired) electrons. The molecular weight excluding hydrogens is 360 g/mol. The molecule has 1 heterocycles. The highest BCUT2D eigenvalue weighted by molar-refractivity contribution is 9.10. The predicted molar refractivity (Wildman–Crippen MR) is 80.5 cm³/mol. The molecule has 1 N–H and O–H groups in total. The van der Waals surface area contributed by atoms with E-state index in [1.807, 2.05) is 25.1 Å². The summed E-state index contributed by atoms with van der Waals surface area (Å²) in [7, 11) is 0. The summed E-state index contributed by atoms with van der Waals surface area (Å²) in [5, 5.41) is 16.4. The Kier molecular flexibility index (Phi) is 5.63. The fourth-order valence-electron chi connectivity index (χ4n) is 1.58. The number of rotatable bonds is 7. The van der Waals surface area contributed by atoms with Gasteiger partial charge in [0.2, 0.25) is 0 Å². The minimum Gasteiger partial charge on any atom is -0.484 e. The molecule has 0 saturated carbocycles. The maximum absolute atomic E-state index is 10.4. The van der Waals surface area contributed by atoms with Crippen LogP contribution in [0.5, 0.6) is 5.75 Å². The van der Waals surface area contributed by atoms with Crippen LogP contribution >= 0.6 is 27.7 Å². The first-order chi connectivity index (χ1) is 10.1. The Morgan fingerprint density at radius 3 is 3.00 bits per heavy atom. The van der Waals surface area contributed by atoms with Crippen molar-refractivity contribution >= 4 is 33.7 Å². The smallest absolute Gasteiger partial charge is 0.314 e. The van der Waals surface area contributed by atoms with E-state index >= 15 is 0 Å². The molecular formula is C13H13BrN2O4S. The Morgan fingerprint density at radius 1 is 1.48 bits per heavy atom. The number of halogens is 1. The number of hydrogen-bond acceptors (Lipinski definition) is 6. The lowest BCUT2D eigenvalue weighted by molar-refractivity contribution is -0.133. The summed E-state index contributed by atoms with van der Waals surface area (Å²) in [6.07, 6.45) is 0.846. The zero-order valence-corrected chi connectivity index (χ0v) is 13.6. The molecule has 1 aromatic heterocycles. The van der Waals surface area contributed by atoms with Crippen LogP contribution in [0.1, 0.15) is 18.4 Å². The largest absolute Gasteiger partial charge is 0.484 e. The Hall–Kier alpha value is -1.54. The van der Waals surface area contributed by atoms with Gasteiger partial charge in [0.15, 0.2) is 6.61 Å². The van der Waals surface area contributed by atoms with Gasteiger partial charge in [0.05, 0.1) is 0 Å². The number of aryl methyl sites for hydroxylation is 1. The number of ether oxygens (including phenoxy) is 1. The summed E-state index contributed by atoms with van der Waals surface area (Å²) >= 11 is 4.40. The Balaban J connectivity index is 1.95. The molecule has 0 saturated heterocycles. The minimum absolute atomic E-state index is 0.116. The topological polar surface area (TPSA) is 85.5 Å². The third-order valence-electron chi connectivity index (χ3n) is 2.52. The van der Waals surface area contributed by atoms with E-state index < -0.39 is 5.97 Å². The molecule has 0 aliphatic heterocycles. The van der Waals surface area contributed by atoms with Crippen LogP contribution < -0.4 is 4.74 Å². The van der Waals surface area contributed by atoms with Gasteiger partial charge >= 0.3 is 5.97 Å². The number of carboxylic acid groups (broad SMARTS) is 1. The molecule has 21 heavy (non-hydrogen) atoms. The van der Waals surface area contributed by atoms with Gasteiger partial charge in [-0.05, 0) is 30.2 Å². The highest BCUT2D eigenvalue weighted by Gasteiger charge is 2.10. The molecule has 112 valence electrons. The van der Waals surface area contributed by atoms with Crippen molar-refractivity contribution in [1.29, 1.82) is 0 Å². The van der Waals surface area contributed by atoms with Crippen LogP contribution in [0, 0.1) is 0 Å². The molecule has 0 fully saturated rings. The first kappa shape index (κ1) is 15.8. The molecule has 0 aliphatic carbocycles. The van der Waals surface area contributed by atoms with Crippen LogP contribution in [-0.4, -0.2) is 27.0 Å². The van der Waals surface area contributed by atoms with Crippen LogP contribution in [0.2, 0.25) is 0 Å². The zero-order valence-electron chi connectivity index (χ0n) is 11.2. The Morgan fingerprint density at radius 2 is 2.29 bits per heavy atom. The molecule has 0 aliphatic rings. The third kappa shape index (κ3) is 4.75. The fraction of sp³-hybridized carbons (Fsp3) is 0.308. The van der Waals surface area contributed by atoms with Gasteiger partial charge < -0.3 is 14.3 Å². The van der Waals surface area contributed by atoms with Gasteiger partial charge in [0.25, 0.3) is 11.1 Å². The summed E-state index contributed by atoms with van der Waals surface area (Å²) in [5.41, 5.74) is 1.07. The number of nitrogens with zero attached hydrogens (tertiary/aromatic N) is 2. The molecule has 0 amide bonds. The van der Waals surface area contributed by atoms with Crippen molar-refractivity contribution in [1.82, 2.24) is 10.2 Å². The summed E-state index contributed by atoms with van der Waals surface area (Å²) < 4.78 is 12.0. The lowest BCUT2D eigenvalue weighted by Gasteiger charge is -2.08. The van der Waals surface area contributed by atoms with Crippen molar-refractivity contribution in [3.05, 3.63) is 34.1 Å². The highest BCUT2D eigenvalue weighted by atomic mass is 79.9. The molecule has 0 bridgehead atoms. The highest BCUT2D eigenvalue weighted by Crippen LogP contribution is 2.24. The van der Waals surface area contributed by atoms with Gasteiger partial charge in [-0.3, -0.25) is 4.79 Å². The van der Waals surface area contributed by atoms with E-state index in [0.717, 1.165) is 34.0 Å². The molecule has 0 unspecified atom stereocenters. The van der Waals surface area contributed by atoms with Crippen molar-refractivity contribution in [3.8, 4) is 5.75 Å².